The first kappa shape index (κ1) is 17.1. The molecule has 1 aliphatic heterocycles. The van der Waals surface area contributed by atoms with Crippen molar-refractivity contribution in [2.45, 2.75) is 26.7 Å². The van der Waals surface area contributed by atoms with E-state index in [4.69, 9.17) is 0 Å². The van der Waals surface area contributed by atoms with E-state index in [1.807, 2.05) is 0 Å². The second-order valence-corrected chi connectivity index (χ2v) is 6.41. The number of Topliss-reactive ketones (excluding diaryl/α,β-unsaturated/α-hetero) is 1. The van der Waals surface area contributed by atoms with E-state index in [9.17, 15) is 9.59 Å². The van der Waals surface area contributed by atoms with Crippen molar-refractivity contribution in [2.75, 3.05) is 19.6 Å². The predicted molar refractivity (Wildman–Crippen MR) is 84.1 cm³/mol. The van der Waals surface area contributed by atoms with Gasteiger partial charge in [-0.3, -0.25) is 9.59 Å². The van der Waals surface area contributed by atoms with E-state index in [2.05, 4.69) is 17.6 Å². The van der Waals surface area contributed by atoms with Crippen LogP contribution in [0.4, 0.5) is 0 Å². The zero-order valence-corrected chi connectivity index (χ0v) is 13.5. The van der Waals surface area contributed by atoms with Crippen molar-refractivity contribution in [1.29, 1.82) is 0 Å². The molecule has 2 N–H and O–H groups in total. The number of hydrogen-bond acceptors (Lipinski definition) is 4. The van der Waals surface area contributed by atoms with Crippen molar-refractivity contribution in [1.82, 2.24) is 10.6 Å². The summed E-state index contributed by atoms with van der Waals surface area (Å²) in [6.45, 7) is 6.45. The molecule has 2 heterocycles. The van der Waals surface area contributed by atoms with E-state index in [0.717, 1.165) is 25.9 Å². The maximum absolute atomic E-state index is 12.0. The smallest absolute Gasteiger partial charge is 0.261 e. The van der Waals surface area contributed by atoms with Crippen LogP contribution in [0.15, 0.2) is 11.4 Å². The third kappa shape index (κ3) is 4.30. The Morgan fingerprint density at radius 3 is 2.60 bits per heavy atom. The first-order valence-electron chi connectivity index (χ1n) is 6.59. The normalized spacial score (nSPS) is 17.1. The van der Waals surface area contributed by atoms with Crippen LogP contribution < -0.4 is 10.6 Å². The van der Waals surface area contributed by atoms with Crippen molar-refractivity contribution in [3.8, 4) is 0 Å². The zero-order chi connectivity index (χ0) is 13.9. The Bertz CT molecular complexity index is 481. The summed E-state index contributed by atoms with van der Waals surface area (Å²) in [5, 5.41) is 8.06. The fourth-order valence-corrected chi connectivity index (χ4v) is 3.09. The minimum atomic E-state index is -0.0720. The Morgan fingerprint density at radius 1 is 1.40 bits per heavy atom. The molecule has 1 aromatic heterocycles. The van der Waals surface area contributed by atoms with Gasteiger partial charge in [0, 0.05) is 17.5 Å². The van der Waals surface area contributed by atoms with Crippen molar-refractivity contribution >= 4 is 35.4 Å². The number of carbonyl (C=O) groups is 2. The maximum atomic E-state index is 12.0. The summed E-state index contributed by atoms with van der Waals surface area (Å²) in [4.78, 5) is 23.9. The molecule has 0 aliphatic carbocycles. The van der Waals surface area contributed by atoms with Gasteiger partial charge in [-0.05, 0) is 44.3 Å². The molecule has 112 valence electrons. The van der Waals surface area contributed by atoms with Gasteiger partial charge in [0.05, 0.1) is 4.88 Å². The number of piperidine rings is 1. The van der Waals surface area contributed by atoms with Gasteiger partial charge in [0.15, 0.2) is 5.78 Å². The third-order valence-corrected chi connectivity index (χ3v) is 4.65. The van der Waals surface area contributed by atoms with Gasteiger partial charge in [0.25, 0.3) is 5.91 Å². The summed E-state index contributed by atoms with van der Waals surface area (Å²) < 4.78 is 0. The lowest BCUT2D eigenvalue weighted by Crippen LogP contribution is -2.42. The molecule has 0 unspecified atom stereocenters. The molecule has 20 heavy (non-hydrogen) atoms. The van der Waals surface area contributed by atoms with Crippen LogP contribution in [-0.2, 0) is 0 Å². The van der Waals surface area contributed by atoms with Crippen molar-refractivity contribution in [2.24, 2.45) is 5.41 Å². The second-order valence-electron chi connectivity index (χ2n) is 5.50. The van der Waals surface area contributed by atoms with Crippen molar-refractivity contribution in [3.05, 3.63) is 21.9 Å². The molecule has 2 rings (SSSR count). The third-order valence-electron chi connectivity index (χ3n) is 3.72. The second kappa shape index (κ2) is 7.20. The first-order chi connectivity index (χ1) is 9.00. The van der Waals surface area contributed by atoms with E-state index in [1.165, 1.54) is 18.3 Å². The van der Waals surface area contributed by atoms with E-state index < -0.39 is 0 Å². The highest BCUT2D eigenvalue weighted by molar-refractivity contribution is 7.12. The highest BCUT2D eigenvalue weighted by Crippen LogP contribution is 2.27. The average molecular weight is 317 g/mol. The van der Waals surface area contributed by atoms with Crippen molar-refractivity contribution in [3.63, 3.8) is 0 Å². The topological polar surface area (TPSA) is 58.2 Å². The Labute approximate surface area is 129 Å². The molecule has 0 spiro atoms. The minimum absolute atomic E-state index is 0. The lowest BCUT2D eigenvalue weighted by molar-refractivity contribution is 0.0926. The Hall–Kier alpha value is -0.910. The number of rotatable bonds is 4. The van der Waals surface area contributed by atoms with Crippen LogP contribution in [0.3, 0.4) is 0 Å². The number of halogens is 1. The lowest BCUT2D eigenvalue weighted by atomic mass is 9.81. The molecular weight excluding hydrogens is 296 g/mol. The van der Waals surface area contributed by atoms with Gasteiger partial charge in [-0.25, -0.2) is 0 Å². The first-order valence-corrected chi connectivity index (χ1v) is 7.47. The van der Waals surface area contributed by atoms with Gasteiger partial charge in [-0.1, -0.05) is 6.92 Å². The minimum Gasteiger partial charge on any atom is -0.351 e. The molecule has 1 saturated heterocycles. The monoisotopic (exact) mass is 316 g/mol. The lowest BCUT2D eigenvalue weighted by Gasteiger charge is -2.34. The highest BCUT2D eigenvalue weighted by Gasteiger charge is 2.27. The molecule has 0 saturated carbocycles. The van der Waals surface area contributed by atoms with E-state index in [-0.39, 0.29) is 29.5 Å². The Balaban J connectivity index is 0.00000200. The fourth-order valence-electron chi connectivity index (χ4n) is 2.23. The quantitative estimate of drug-likeness (QED) is 0.839. The maximum Gasteiger partial charge on any atom is 0.261 e. The Kier molecular flexibility index (Phi) is 6.17. The molecular formula is C14H21ClN2O2S. The molecule has 4 nitrogen and oxygen atoms in total. The summed E-state index contributed by atoms with van der Waals surface area (Å²) in [6.07, 6.45) is 2.16. The van der Waals surface area contributed by atoms with Crippen LogP contribution in [-0.4, -0.2) is 31.3 Å². The average Bonchev–Trinajstić information content (AvgIpc) is 2.87. The fraction of sp³-hybridized carbons (Fsp3) is 0.571. The van der Waals surface area contributed by atoms with E-state index >= 15 is 0 Å². The number of thiophene rings is 1. The van der Waals surface area contributed by atoms with Crippen LogP contribution in [0.2, 0.25) is 0 Å². The summed E-state index contributed by atoms with van der Waals surface area (Å²) in [7, 11) is 0. The Morgan fingerprint density at radius 2 is 2.05 bits per heavy atom. The molecule has 1 aromatic rings. The van der Waals surface area contributed by atoms with Crippen LogP contribution in [0.5, 0.6) is 0 Å². The summed E-state index contributed by atoms with van der Waals surface area (Å²) in [5.41, 5.74) is 0.796. The van der Waals surface area contributed by atoms with Gasteiger partial charge in [-0.15, -0.1) is 23.7 Å². The summed E-state index contributed by atoms with van der Waals surface area (Å²) >= 11 is 1.33. The van der Waals surface area contributed by atoms with Gasteiger partial charge in [0.1, 0.15) is 0 Å². The molecule has 6 heteroatoms. The SMILES string of the molecule is CC(=O)c1csc(C(=O)NCC2(C)CCNCC2)c1.Cl. The van der Waals surface area contributed by atoms with Gasteiger partial charge in [-0.2, -0.15) is 0 Å². The van der Waals surface area contributed by atoms with Crippen molar-refractivity contribution < 1.29 is 9.59 Å². The molecule has 0 aromatic carbocycles. The van der Waals surface area contributed by atoms with Crippen LogP contribution >= 0.6 is 23.7 Å². The molecule has 1 fully saturated rings. The van der Waals surface area contributed by atoms with E-state index in [0.29, 0.717) is 17.0 Å². The molecule has 0 bridgehead atoms. The number of nitrogens with one attached hydrogen (secondary N) is 2. The molecule has 1 aliphatic rings. The highest BCUT2D eigenvalue weighted by atomic mass is 35.5. The van der Waals surface area contributed by atoms with Crippen LogP contribution in [0, 0.1) is 5.41 Å². The van der Waals surface area contributed by atoms with E-state index in [1.54, 1.807) is 11.4 Å². The molecule has 1 amide bonds. The predicted octanol–water partition coefficient (Wildman–Crippen LogP) is 2.49. The molecule has 0 radical (unpaired) electrons. The number of ketones is 1. The number of hydrogen-bond donors (Lipinski definition) is 2. The van der Waals surface area contributed by atoms with Gasteiger partial charge < -0.3 is 10.6 Å². The van der Waals surface area contributed by atoms with Gasteiger partial charge >= 0.3 is 0 Å². The largest absolute Gasteiger partial charge is 0.351 e. The number of carbonyl (C=O) groups excluding carboxylic acids is 2. The van der Waals surface area contributed by atoms with Crippen LogP contribution in [0.25, 0.3) is 0 Å². The standard InChI is InChI=1S/C14H20N2O2S.ClH/c1-10(17)11-7-12(19-8-11)13(18)16-9-14(2)3-5-15-6-4-14;/h7-8,15H,3-6,9H2,1-2H3,(H,16,18);1H. The molecule has 0 atom stereocenters. The van der Waals surface area contributed by atoms with Crippen LogP contribution in [0.1, 0.15) is 46.7 Å². The zero-order valence-electron chi connectivity index (χ0n) is 11.8. The van der Waals surface area contributed by atoms with Gasteiger partial charge in [0.2, 0.25) is 0 Å². The summed E-state index contributed by atoms with van der Waals surface area (Å²) in [5.74, 6) is -0.0714. The summed E-state index contributed by atoms with van der Waals surface area (Å²) in [6, 6.07) is 1.67. The number of amides is 1.